The number of nitrogens with zero attached hydrogens (tertiary/aromatic N) is 3. The van der Waals surface area contributed by atoms with E-state index in [1.165, 1.54) is 21.5 Å². The number of furan rings is 2. The number of para-hydroxylation sites is 2. The predicted octanol–water partition coefficient (Wildman–Crippen LogP) is 12.3. The van der Waals surface area contributed by atoms with Gasteiger partial charge in [0.2, 0.25) is 5.88 Å². The highest BCUT2D eigenvalue weighted by Gasteiger charge is 2.33. The highest BCUT2D eigenvalue weighted by molar-refractivity contribution is 6.13. The summed E-state index contributed by atoms with van der Waals surface area (Å²) in [5.74, 6) is 1.57. The van der Waals surface area contributed by atoms with Crippen molar-refractivity contribution in [1.29, 1.82) is 5.26 Å². The lowest BCUT2D eigenvalue weighted by Crippen LogP contribution is -2.36. The number of pyridine rings is 1. The molecule has 0 radical (unpaired) electrons. The Morgan fingerprint density at radius 2 is 1.32 bits per heavy atom. The molecule has 11 aromatic rings. The van der Waals surface area contributed by atoms with Crippen molar-refractivity contribution in [3.63, 3.8) is 0 Å². The third kappa shape index (κ3) is 4.91. The maximum absolute atomic E-state index is 9.33. The zero-order valence-electron chi connectivity index (χ0n) is 30.4. The summed E-state index contributed by atoms with van der Waals surface area (Å²) < 4.78 is 15.2. The van der Waals surface area contributed by atoms with Gasteiger partial charge in [-0.2, -0.15) is 5.26 Å². The number of hydrogen-bond acceptors (Lipinski definition) is 6. The van der Waals surface area contributed by atoms with E-state index in [0.717, 1.165) is 77.6 Å². The van der Waals surface area contributed by atoms with Gasteiger partial charge in [0.25, 0.3) is 0 Å². The zero-order chi connectivity index (χ0) is 37.6. The average Bonchev–Trinajstić information content (AvgIpc) is 3.94. The highest BCUT2D eigenvalue weighted by atomic mass is 16.4. The van der Waals surface area contributed by atoms with Gasteiger partial charge in [-0.1, -0.05) is 97.1 Å². The monoisotopic (exact) mass is 733 g/mol. The van der Waals surface area contributed by atoms with Gasteiger partial charge in [-0.15, -0.1) is 0 Å². The van der Waals surface area contributed by atoms with E-state index < -0.39 is 0 Å². The fourth-order valence-corrected chi connectivity index (χ4v) is 8.82. The molecule has 12 rings (SSSR count). The minimum atomic E-state index is -0.304. The predicted molar refractivity (Wildman–Crippen MR) is 228 cm³/mol. The van der Waals surface area contributed by atoms with Gasteiger partial charge in [0.15, 0.2) is 0 Å². The first kappa shape index (κ1) is 31.7. The van der Waals surface area contributed by atoms with Gasteiger partial charge in [-0.3, -0.25) is 9.88 Å². The first-order valence-electron chi connectivity index (χ1n) is 19.1. The van der Waals surface area contributed by atoms with E-state index in [1.54, 1.807) is 0 Å². The van der Waals surface area contributed by atoms with E-state index in [4.69, 9.17) is 13.8 Å². The van der Waals surface area contributed by atoms with Crippen molar-refractivity contribution in [1.82, 2.24) is 14.9 Å². The molecule has 5 heterocycles. The van der Waals surface area contributed by atoms with E-state index in [2.05, 4.69) is 137 Å². The van der Waals surface area contributed by atoms with Gasteiger partial charge in [0.05, 0.1) is 28.7 Å². The number of nitrogens with one attached hydrogen (secondary N) is 2. The third-order valence-corrected chi connectivity index (χ3v) is 11.6. The van der Waals surface area contributed by atoms with Gasteiger partial charge in [0.1, 0.15) is 28.7 Å². The van der Waals surface area contributed by atoms with Crippen LogP contribution in [0.25, 0.3) is 82.4 Å². The van der Waals surface area contributed by atoms with Crippen LogP contribution in [-0.2, 0) is 0 Å². The van der Waals surface area contributed by atoms with Crippen molar-refractivity contribution in [2.75, 3.05) is 5.32 Å². The summed E-state index contributed by atoms with van der Waals surface area (Å²) in [6.45, 7) is 0. The Morgan fingerprint density at radius 3 is 2.16 bits per heavy atom. The standard InChI is InChI=1S/C50H31N5O2/c51-27-29-13-15-30(16-14-29)33-17-20-38-45(26-33)57-50-47(38)48(34-18-21-44-40(24-34)37-10-4-6-12-43(37)56-44)53-49(54-50)35-19-22-46(52-28-35)55-41-11-5-3-9-36(41)39-23-31-7-1-2-8-32(31)25-42(39)55/h1-26,28,48-49,53-54H. The first-order valence-corrected chi connectivity index (χ1v) is 19.1. The van der Waals surface area contributed by atoms with Crippen LogP contribution in [0.2, 0.25) is 0 Å². The van der Waals surface area contributed by atoms with Crippen LogP contribution < -0.4 is 10.6 Å². The summed E-state index contributed by atoms with van der Waals surface area (Å²) in [6, 6.07) is 56.5. The van der Waals surface area contributed by atoms with Gasteiger partial charge in [0, 0.05) is 44.3 Å². The lowest BCUT2D eigenvalue weighted by Gasteiger charge is -2.32. The minimum absolute atomic E-state index is 0.211. The SMILES string of the molecule is N#Cc1ccc(-c2ccc3c4c(oc3c2)NC(c2ccc(-n3c5ccccc5c5cc6ccccc6cc53)nc2)NC4c2ccc3oc4ccccc4c3c2)cc1. The molecule has 0 bridgehead atoms. The summed E-state index contributed by atoms with van der Waals surface area (Å²) in [5, 5.41) is 25.0. The molecule has 4 aromatic heterocycles. The van der Waals surface area contributed by atoms with Crippen LogP contribution in [-0.4, -0.2) is 9.55 Å². The molecule has 0 spiro atoms. The molecule has 7 aromatic carbocycles. The number of aromatic nitrogens is 2. The fraction of sp³-hybridized carbons (Fsp3) is 0.0400. The smallest absolute Gasteiger partial charge is 0.200 e. The average molecular weight is 734 g/mol. The number of rotatable bonds is 4. The Labute approximate surface area is 326 Å². The Kier molecular flexibility index (Phi) is 6.76. The maximum Gasteiger partial charge on any atom is 0.200 e. The van der Waals surface area contributed by atoms with Crippen molar-refractivity contribution >= 4 is 71.4 Å². The Morgan fingerprint density at radius 1 is 0.561 bits per heavy atom. The van der Waals surface area contributed by atoms with Gasteiger partial charge in [-0.05, 0) is 88.1 Å². The summed E-state index contributed by atoms with van der Waals surface area (Å²) in [7, 11) is 0. The van der Waals surface area contributed by atoms with Crippen LogP contribution in [0.1, 0.15) is 34.5 Å². The maximum atomic E-state index is 9.33. The van der Waals surface area contributed by atoms with Crippen molar-refractivity contribution in [2.45, 2.75) is 12.2 Å². The summed E-state index contributed by atoms with van der Waals surface area (Å²) in [5.41, 5.74) is 10.5. The van der Waals surface area contributed by atoms with Crippen LogP contribution in [0.4, 0.5) is 5.88 Å². The van der Waals surface area contributed by atoms with Crippen LogP contribution >= 0.6 is 0 Å². The lowest BCUT2D eigenvalue weighted by molar-refractivity contribution is 0.476. The Hall–Kier alpha value is -7.66. The van der Waals surface area contributed by atoms with Crippen molar-refractivity contribution in [2.24, 2.45) is 0 Å². The lowest BCUT2D eigenvalue weighted by atomic mass is 9.92. The molecule has 0 fully saturated rings. The van der Waals surface area contributed by atoms with Crippen molar-refractivity contribution < 1.29 is 8.83 Å². The topological polar surface area (TPSA) is 92.0 Å². The fourth-order valence-electron chi connectivity index (χ4n) is 8.82. The summed E-state index contributed by atoms with van der Waals surface area (Å²) >= 11 is 0. The number of benzene rings is 7. The zero-order valence-corrected chi connectivity index (χ0v) is 30.4. The van der Waals surface area contributed by atoms with Gasteiger partial charge in [-0.25, -0.2) is 4.98 Å². The van der Waals surface area contributed by atoms with Gasteiger partial charge >= 0.3 is 0 Å². The summed E-state index contributed by atoms with van der Waals surface area (Å²) in [6.07, 6.45) is 1.66. The molecule has 1 aliphatic heterocycles. The second-order valence-electron chi connectivity index (χ2n) is 14.8. The molecule has 1 aliphatic rings. The molecule has 57 heavy (non-hydrogen) atoms. The minimum Gasteiger partial charge on any atom is -0.456 e. The van der Waals surface area contributed by atoms with Crippen molar-refractivity contribution in [3.05, 3.63) is 186 Å². The molecule has 2 unspecified atom stereocenters. The molecule has 7 nitrogen and oxygen atoms in total. The molecule has 7 heteroatoms. The number of nitriles is 1. The van der Waals surface area contributed by atoms with E-state index in [0.29, 0.717) is 11.4 Å². The Balaban J connectivity index is 0.976. The Bertz CT molecular complexity index is 3440. The molecule has 268 valence electrons. The molecule has 0 saturated heterocycles. The number of hydrogen-bond donors (Lipinski definition) is 2. The van der Waals surface area contributed by atoms with Crippen molar-refractivity contribution in [3.8, 4) is 23.0 Å². The second kappa shape index (κ2) is 12.2. The number of anilines is 1. The van der Waals surface area contributed by atoms with Gasteiger partial charge < -0.3 is 14.2 Å². The first-order chi connectivity index (χ1) is 28.2. The van der Waals surface area contributed by atoms with Crippen LogP contribution in [0.15, 0.2) is 173 Å². The van der Waals surface area contributed by atoms with E-state index in [9.17, 15) is 5.26 Å². The molecular formula is C50H31N5O2. The number of fused-ring (bicyclic) bond motifs is 10. The molecule has 2 atom stereocenters. The third-order valence-electron chi connectivity index (χ3n) is 11.6. The molecular weight excluding hydrogens is 703 g/mol. The van der Waals surface area contributed by atoms with E-state index in [-0.39, 0.29) is 12.2 Å². The highest BCUT2D eigenvalue weighted by Crippen LogP contribution is 2.45. The molecule has 0 saturated carbocycles. The van der Waals surface area contributed by atoms with Crippen LogP contribution in [0.3, 0.4) is 0 Å². The normalized spacial score (nSPS) is 15.4. The molecule has 0 amide bonds. The largest absolute Gasteiger partial charge is 0.456 e. The van der Waals surface area contributed by atoms with E-state index in [1.807, 2.05) is 48.7 Å². The summed E-state index contributed by atoms with van der Waals surface area (Å²) in [4.78, 5) is 5.12. The molecule has 2 N–H and O–H groups in total. The second-order valence-corrected chi connectivity index (χ2v) is 14.8. The van der Waals surface area contributed by atoms with E-state index >= 15 is 0 Å². The quantitative estimate of drug-likeness (QED) is 0.187. The molecule has 0 aliphatic carbocycles. The van der Waals surface area contributed by atoms with Crippen LogP contribution in [0, 0.1) is 11.3 Å². The van der Waals surface area contributed by atoms with Crippen LogP contribution in [0.5, 0.6) is 0 Å².